The molecular weight excluding hydrogens is 458 g/mol. The molecule has 1 atom stereocenters. The fraction of sp³-hybridized carbons (Fsp3) is 0.125. The van der Waals surface area contributed by atoms with Crippen LogP contribution in [0.15, 0.2) is 94.2 Å². The predicted octanol–water partition coefficient (Wildman–Crippen LogP) is 4.22. The number of amides is 2. The number of anilines is 2. The third-order valence-electron chi connectivity index (χ3n) is 4.98. The smallest absolute Gasteiger partial charge is 0.284 e. The van der Waals surface area contributed by atoms with Crippen molar-refractivity contribution in [3.63, 3.8) is 0 Å². The Labute approximate surface area is 196 Å². The van der Waals surface area contributed by atoms with Crippen molar-refractivity contribution in [3.8, 4) is 0 Å². The minimum Gasteiger partial charge on any atom is -0.326 e. The van der Waals surface area contributed by atoms with Gasteiger partial charge in [0.2, 0.25) is 11.8 Å². The van der Waals surface area contributed by atoms with E-state index in [9.17, 15) is 18.0 Å². The van der Waals surface area contributed by atoms with Gasteiger partial charge in [0.05, 0.1) is 10.6 Å². The molecule has 33 heavy (non-hydrogen) atoms. The van der Waals surface area contributed by atoms with Crippen molar-refractivity contribution < 1.29 is 18.0 Å². The highest BCUT2D eigenvalue weighted by atomic mass is 32.2. The Morgan fingerprint density at radius 2 is 1.58 bits per heavy atom. The predicted molar refractivity (Wildman–Crippen MR) is 131 cm³/mol. The molecule has 2 amide bonds. The summed E-state index contributed by atoms with van der Waals surface area (Å²) in [6.07, 6.45) is -0.119. The Balaban J connectivity index is 1.63. The Kier molecular flexibility index (Phi) is 6.62. The number of amidine groups is 1. The molecule has 0 saturated carbocycles. The van der Waals surface area contributed by atoms with E-state index in [2.05, 4.69) is 9.71 Å². The number of hydrogen-bond donors (Lipinski definition) is 1. The third-order valence-corrected chi connectivity index (χ3v) is 7.51. The van der Waals surface area contributed by atoms with Gasteiger partial charge in [-0.05, 0) is 42.8 Å². The fourth-order valence-electron chi connectivity index (χ4n) is 3.31. The van der Waals surface area contributed by atoms with Crippen molar-refractivity contribution in [1.82, 2.24) is 0 Å². The van der Waals surface area contributed by atoms with E-state index in [1.54, 1.807) is 54.6 Å². The number of carbonyl (C=O) groups is 2. The van der Waals surface area contributed by atoms with Crippen molar-refractivity contribution in [2.24, 2.45) is 4.40 Å². The molecule has 1 N–H and O–H groups in total. The summed E-state index contributed by atoms with van der Waals surface area (Å²) in [5.74, 6) is -0.733. The number of nitrogens with one attached hydrogen (secondary N) is 1. The average Bonchev–Trinajstić information content (AvgIpc) is 3.10. The zero-order chi connectivity index (χ0) is 23.4. The lowest BCUT2D eigenvalue weighted by atomic mass is 10.2. The van der Waals surface area contributed by atoms with E-state index in [4.69, 9.17) is 0 Å². The lowest BCUT2D eigenvalue weighted by molar-refractivity contribution is -0.121. The minimum atomic E-state index is -4.04. The van der Waals surface area contributed by atoms with Crippen molar-refractivity contribution in [1.29, 1.82) is 0 Å². The molecule has 3 aromatic carbocycles. The van der Waals surface area contributed by atoms with Crippen LogP contribution in [0.1, 0.15) is 12.0 Å². The van der Waals surface area contributed by atoms with Crippen molar-refractivity contribution in [2.45, 2.75) is 23.5 Å². The van der Waals surface area contributed by atoms with Gasteiger partial charge in [-0.15, -0.1) is 4.40 Å². The molecule has 1 aliphatic rings. The molecule has 3 aromatic rings. The molecule has 0 radical (unpaired) electrons. The monoisotopic (exact) mass is 479 g/mol. The molecule has 0 aliphatic carbocycles. The first-order valence-electron chi connectivity index (χ1n) is 10.2. The van der Waals surface area contributed by atoms with Crippen LogP contribution in [0.2, 0.25) is 0 Å². The van der Waals surface area contributed by atoms with Gasteiger partial charge in [0.15, 0.2) is 5.17 Å². The highest BCUT2D eigenvalue weighted by molar-refractivity contribution is 8.16. The van der Waals surface area contributed by atoms with Crippen LogP contribution >= 0.6 is 11.8 Å². The summed E-state index contributed by atoms with van der Waals surface area (Å²) in [6.45, 7) is 1.88. The Hall–Kier alpha value is -3.43. The fourth-order valence-corrected chi connectivity index (χ4v) is 5.66. The second-order valence-corrected chi connectivity index (χ2v) is 10.1. The second kappa shape index (κ2) is 9.60. The number of aryl methyl sites for hydroxylation is 1. The van der Waals surface area contributed by atoms with Gasteiger partial charge in [-0.25, -0.2) is 0 Å². The van der Waals surface area contributed by atoms with Crippen LogP contribution in [0.25, 0.3) is 0 Å². The third kappa shape index (κ3) is 5.15. The first kappa shape index (κ1) is 22.8. The van der Waals surface area contributed by atoms with Crippen LogP contribution in [-0.2, 0) is 19.6 Å². The van der Waals surface area contributed by atoms with Gasteiger partial charge in [0.1, 0.15) is 5.25 Å². The van der Waals surface area contributed by atoms with Crippen LogP contribution in [0.5, 0.6) is 0 Å². The van der Waals surface area contributed by atoms with E-state index in [0.29, 0.717) is 11.4 Å². The van der Waals surface area contributed by atoms with E-state index in [-0.39, 0.29) is 22.4 Å². The maximum atomic E-state index is 13.2. The molecule has 0 spiro atoms. The zero-order valence-corrected chi connectivity index (χ0v) is 19.3. The molecule has 0 bridgehead atoms. The quantitative estimate of drug-likeness (QED) is 0.571. The highest BCUT2D eigenvalue weighted by Gasteiger charge is 2.41. The van der Waals surface area contributed by atoms with Gasteiger partial charge < -0.3 is 5.32 Å². The number of thioether (sulfide) groups is 1. The SMILES string of the molecule is Cc1ccccc1NC(=O)CC1S/C(=N\S(=O)(=O)c2ccccc2)N(c2ccccc2)C1=O. The lowest BCUT2D eigenvalue weighted by Crippen LogP contribution is -2.33. The number of carbonyl (C=O) groups excluding carboxylic acids is 2. The van der Waals surface area contributed by atoms with E-state index < -0.39 is 21.2 Å². The number of rotatable bonds is 6. The van der Waals surface area contributed by atoms with Crippen LogP contribution in [0.3, 0.4) is 0 Å². The van der Waals surface area contributed by atoms with Gasteiger partial charge >= 0.3 is 0 Å². The number of nitrogens with zero attached hydrogens (tertiary/aromatic N) is 2. The molecule has 0 aromatic heterocycles. The molecule has 1 saturated heterocycles. The maximum absolute atomic E-state index is 13.2. The maximum Gasteiger partial charge on any atom is 0.284 e. The average molecular weight is 480 g/mol. The summed E-state index contributed by atoms with van der Waals surface area (Å²) >= 11 is 0.973. The number of sulfonamides is 1. The van der Waals surface area contributed by atoms with Gasteiger partial charge in [-0.3, -0.25) is 14.5 Å². The van der Waals surface area contributed by atoms with Crippen molar-refractivity contribution >= 4 is 50.1 Å². The highest BCUT2D eigenvalue weighted by Crippen LogP contribution is 2.35. The second-order valence-electron chi connectivity index (χ2n) is 7.34. The molecule has 9 heteroatoms. The van der Waals surface area contributed by atoms with Gasteiger partial charge in [-0.1, -0.05) is 66.4 Å². The molecule has 4 rings (SSSR count). The molecule has 7 nitrogen and oxygen atoms in total. The van der Waals surface area contributed by atoms with Crippen molar-refractivity contribution in [3.05, 3.63) is 90.5 Å². The topological polar surface area (TPSA) is 95.9 Å². The van der Waals surface area contributed by atoms with E-state index in [1.807, 2.05) is 25.1 Å². The normalized spacial score (nSPS) is 17.4. The Morgan fingerprint density at radius 1 is 0.970 bits per heavy atom. The zero-order valence-electron chi connectivity index (χ0n) is 17.7. The molecule has 1 aliphatic heterocycles. The Morgan fingerprint density at radius 3 is 2.24 bits per heavy atom. The van der Waals surface area contributed by atoms with Crippen LogP contribution < -0.4 is 10.2 Å². The van der Waals surface area contributed by atoms with E-state index in [1.165, 1.54) is 17.0 Å². The Bertz CT molecular complexity index is 1310. The largest absolute Gasteiger partial charge is 0.326 e. The molecule has 1 fully saturated rings. The lowest BCUT2D eigenvalue weighted by Gasteiger charge is -2.16. The van der Waals surface area contributed by atoms with Crippen LogP contribution in [0.4, 0.5) is 11.4 Å². The van der Waals surface area contributed by atoms with Crippen molar-refractivity contribution in [2.75, 3.05) is 10.2 Å². The summed E-state index contributed by atoms with van der Waals surface area (Å²) < 4.78 is 29.7. The number of para-hydroxylation sites is 2. The van der Waals surface area contributed by atoms with Crippen LogP contribution in [0, 0.1) is 6.92 Å². The van der Waals surface area contributed by atoms with E-state index in [0.717, 1.165) is 17.3 Å². The first-order valence-corrected chi connectivity index (χ1v) is 12.5. The summed E-state index contributed by atoms with van der Waals surface area (Å²) in [7, 11) is -4.04. The first-order chi connectivity index (χ1) is 15.8. The van der Waals surface area contributed by atoms with Crippen LogP contribution in [-0.4, -0.2) is 30.6 Å². The van der Waals surface area contributed by atoms with Gasteiger partial charge in [0.25, 0.3) is 10.0 Å². The standard InChI is InChI=1S/C24H21N3O4S2/c1-17-10-8-9-15-20(17)25-22(28)16-21-23(29)27(18-11-4-2-5-12-18)24(32-21)26-33(30,31)19-13-6-3-7-14-19/h2-15,21H,16H2,1H3,(H,25,28)/b26-24-. The number of benzene rings is 3. The minimum absolute atomic E-state index is 0.0174. The summed E-state index contributed by atoms with van der Waals surface area (Å²) in [6, 6.07) is 23.8. The van der Waals surface area contributed by atoms with Gasteiger partial charge in [0, 0.05) is 12.1 Å². The van der Waals surface area contributed by atoms with Gasteiger partial charge in [-0.2, -0.15) is 8.42 Å². The molecule has 168 valence electrons. The van der Waals surface area contributed by atoms with E-state index >= 15 is 0 Å². The summed E-state index contributed by atoms with van der Waals surface area (Å²) in [5, 5.41) is 2.03. The molecule has 1 heterocycles. The number of hydrogen-bond acceptors (Lipinski definition) is 5. The molecule has 1 unspecified atom stereocenters. The summed E-state index contributed by atoms with van der Waals surface area (Å²) in [5.41, 5.74) is 2.05. The molecular formula is C24H21N3O4S2. The summed E-state index contributed by atoms with van der Waals surface area (Å²) in [4.78, 5) is 27.2.